The van der Waals surface area contributed by atoms with Crippen LogP contribution in [0.5, 0.6) is 0 Å². The number of benzene rings is 3. The van der Waals surface area contributed by atoms with Crippen LogP contribution in [0.2, 0.25) is 5.02 Å². The third-order valence-corrected chi connectivity index (χ3v) is 7.41. The fraction of sp³-hybridized carbons (Fsp3) is 0.355. The molecule has 0 bridgehead atoms. The predicted octanol–water partition coefficient (Wildman–Crippen LogP) is 5.16. The summed E-state index contributed by atoms with van der Waals surface area (Å²) in [6.45, 7) is -1.18. The van der Waals surface area contributed by atoms with Crippen LogP contribution in [0.1, 0.15) is 29.0 Å². The minimum absolute atomic E-state index is 0.137. The number of hydrogen-bond acceptors (Lipinski definition) is 6. The normalized spacial score (nSPS) is 18.2. The van der Waals surface area contributed by atoms with Gasteiger partial charge in [0.2, 0.25) is 5.91 Å². The lowest BCUT2D eigenvalue weighted by molar-refractivity contribution is -0.124. The Bertz CT molecular complexity index is 1390. The maximum atomic E-state index is 15.0. The van der Waals surface area contributed by atoms with E-state index < -0.39 is 48.5 Å². The smallest absolute Gasteiger partial charge is 0.407 e. The van der Waals surface area contributed by atoms with E-state index in [-0.39, 0.29) is 25.7 Å². The molecule has 0 radical (unpaired) electrons. The number of alkyl carbamates (subject to hydrolysis) is 1. The van der Waals surface area contributed by atoms with Crippen molar-refractivity contribution in [2.75, 3.05) is 31.6 Å². The summed E-state index contributed by atoms with van der Waals surface area (Å²) in [6, 6.07) is 19.5. The third-order valence-electron chi connectivity index (χ3n) is 7.16. The average Bonchev–Trinajstić information content (AvgIpc) is 3.00. The second-order valence-electron chi connectivity index (χ2n) is 10.4. The van der Waals surface area contributed by atoms with Crippen molar-refractivity contribution >= 4 is 29.3 Å². The summed E-state index contributed by atoms with van der Waals surface area (Å²) in [5.41, 5.74) is 8.77. The second kappa shape index (κ2) is 15.3. The van der Waals surface area contributed by atoms with E-state index in [0.29, 0.717) is 29.2 Å². The highest BCUT2D eigenvalue weighted by Gasteiger charge is 2.30. The maximum Gasteiger partial charge on any atom is 0.407 e. The van der Waals surface area contributed by atoms with E-state index in [1.807, 2.05) is 42.5 Å². The molecule has 1 aliphatic heterocycles. The number of ether oxygens (including phenoxy) is 2. The molecule has 1 heterocycles. The van der Waals surface area contributed by atoms with Gasteiger partial charge in [0.1, 0.15) is 19.0 Å². The van der Waals surface area contributed by atoms with E-state index in [1.54, 1.807) is 23.5 Å². The van der Waals surface area contributed by atoms with Gasteiger partial charge in [-0.25, -0.2) is 9.18 Å². The van der Waals surface area contributed by atoms with Crippen molar-refractivity contribution in [2.24, 2.45) is 5.73 Å². The minimum atomic E-state index is -4.53. The highest BCUT2D eigenvalue weighted by molar-refractivity contribution is 6.30. The molecule has 13 heteroatoms. The lowest BCUT2D eigenvalue weighted by Gasteiger charge is -2.30. The Morgan fingerprint density at radius 1 is 1.05 bits per heavy atom. The molecule has 1 fully saturated rings. The fourth-order valence-electron chi connectivity index (χ4n) is 4.90. The van der Waals surface area contributed by atoms with Crippen molar-refractivity contribution < 1.29 is 36.6 Å². The van der Waals surface area contributed by atoms with E-state index in [0.717, 1.165) is 11.1 Å². The molecule has 3 aromatic rings. The van der Waals surface area contributed by atoms with Gasteiger partial charge >= 0.3 is 12.3 Å². The maximum absolute atomic E-state index is 15.0. The van der Waals surface area contributed by atoms with Gasteiger partial charge in [0, 0.05) is 28.7 Å². The lowest BCUT2D eigenvalue weighted by Crippen LogP contribution is -2.49. The molecule has 0 unspecified atom stereocenters. The molecular formula is C31H33ClF4N4O4. The van der Waals surface area contributed by atoms with Crippen molar-refractivity contribution in [1.82, 2.24) is 10.6 Å². The molecule has 5 N–H and O–H groups in total. The van der Waals surface area contributed by atoms with Crippen molar-refractivity contribution in [3.63, 3.8) is 0 Å². The molecule has 4 atom stereocenters. The van der Waals surface area contributed by atoms with Crippen LogP contribution < -0.4 is 21.7 Å². The molecule has 2 amide bonds. The number of hydrogen-bond donors (Lipinski definition) is 4. The predicted molar refractivity (Wildman–Crippen MR) is 158 cm³/mol. The van der Waals surface area contributed by atoms with Gasteiger partial charge in [-0.2, -0.15) is 13.2 Å². The number of halogens is 5. The molecule has 44 heavy (non-hydrogen) atoms. The molecular weight excluding hydrogens is 604 g/mol. The molecule has 0 saturated carbocycles. The summed E-state index contributed by atoms with van der Waals surface area (Å²) in [7, 11) is 0. The zero-order chi connectivity index (χ0) is 31.7. The van der Waals surface area contributed by atoms with Crippen LogP contribution in [-0.4, -0.2) is 62.7 Å². The average molecular weight is 637 g/mol. The Kier molecular flexibility index (Phi) is 11.6. The Balaban J connectivity index is 1.34. The zero-order valence-corrected chi connectivity index (χ0v) is 24.3. The summed E-state index contributed by atoms with van der Waals surface area (Å²) in [6.07, 6.45) is -5.39. The molecule has 8 nitrogen and oxygen atoms in total. The molecule has 1 saturated heterocycles. The Morgan fingerprint density at radius 3 is 2.41 bits per heavy atom. The van der Waals surface area contributed by atoms with Gasteiger partial charge in [-0.05, 0) is 48.2 Å². The molecule has 1 aliphatic rings. The number of morpholine rings is 1. The first-order chi connectivity index (χ1) is 21.0. The zero-order valence-electron chi connectivity index (χ0n) is 23.6. The number of alkyl halides is 3. The number of amides is 2. The SMILES string of the molecule is N[C@H](C(=O)Nc1cccc(F)c1CC[C@@H]1CN[C@H](COC(=O)NCC(F)(F)F)CO1)[C@H](c1ccccc1)c1ccc(Cl)cc1. The van der Waals surface area contributed by atoms with Crippen LogP contribution in [-0.2, 0) is 20.7 Å². The molecule has 236 valence electrons. The van der Waals surface area contributed by atoms with Crippen molar-refractivity contribution in [3.8, 4) is 0 Å². The van der Waals surface area contributed by atoms with Crippen LogP contribution in [0.3, 0.4) is 0 Å². The van der Waals surface area contributed by atoms with Crippen LogP contribution in [0, 0.1) is 5.82 Å². The van der Waals surface area contributed by atoms with E-state index in [4.69, 9.17) is 26.8 Å². The summed E-state index contributed by atoms with van der Waals surface area (Å²) < 4.78 is 62.2. The summed E-state index contributed by atoms with van der Waals surface area (Å²) >= 11 is 6.08. The number of carbonyl (C=O) groups excluding carboxylic acids is 2. The van der Waals surface area contributed by atoms with Crippen LogP contribution in [0.4, 0.5) is 28.0 Å². The third kappa shape index (κ3) is 9.65. The molecule has 3 aromatic carbocycles. The topological polar surface area (TPSA) is 115 Å². The number of carbonyl (C=O) groups is 2. The number of nitrogens with two attached hydrogens (primary N) is 1. The van der Waals surface area contributed by atoms with Crippen molar-refractivity contribution in [1.29, 1.82) is 0 Å². The van der Waals surface area contributed by atoms with Gasteiger partial charge in [-0.1, -0.05) is 60.1 Å². The Labute approximate surface area is 257 Å². The first-order valence-corrected chi connectivity index (χ1v) is 14.3. The van der Waals surface area contributed by atoms with Crippen LogP contribution in [0.25, 0.3) is 0 Å². The monoisotopic (exact) mass is 636 g/mol. The molecule has 0 aromatic heterocycles. The van der Waals surface area contributed by atoms with Gasteiger partial charge in [0.15, 0.2) is 0 Å². The highest BCUT2D eigenvalue weighted by Crippen LogP contribution is 2.30. The van der Waals surface area contributed by atoms with Crippen LogP contribution in [0.15, 0.2) is 72.8 Å². The number of rotatable bonds is 11. The standard InChI is InChI=1S/C31H33ClF4N4O4/c32-21-11-9-20(10-12-21)27(19-5-2-1-3-6-19)28(37)29(41)40-26-8-4-7-25(33)24(26)14-13-23-15-38-22(16-43-23)17-44-30(42)39-18-31(34,35)36/h1-12,22-23,27-28,38H,13-18,37H2,(H,39,42)(H,40,41)/t22-,23+,27+,28-/m0/s1. The van der Waals surface area contributed by atoms with E-state index in [2.05, 4.69) is 10.6 Å². The first-order valence-electron chi connectivity index (χ1n) is 14.0. The summed E-state index contributed by atoms with van der Waals surface area (Å²) in [5.74, 6) is -1.47. The van der Waals surface area contributed by atoms with E-state index in [9.17, 15) is 27.2 Å². The van der Waals surface area contributed by atoms with Gasteiger partial charge in [-0.15, -0.1) is 0 Å². The molecule has 4 rings (SSSR count). The van der Waals surface area contributed by atoms with Gasteiger partial charge < -0.3 is 31.2 Å². The highest BCUT2D eigenvalue weighted by atomic mass is 35.5. The van der Waals surface area contributed by atoms with Crippen molar-refractivity contribution in [3.05, 3.63) is 100 Å². The van der Waals surface area contributed by atoms with E-state index in [1.165, 1.54) is 12.1 Å². The van der Waals surface area contributed by atoms with Gasteiger partial charge in [0.25, 0.3) is 0 Å². The lowest BCUT2D eigenvalue weighted by atomic mass is 9.85. The van der Waals surface area contributed by atoms with Gasteiger partial charge in [0.05, 0.1) is 24.8 Å². The molecule has 0 aliphatic carbocycles. The summed E-state index contributed by atoms with van der Waals surface area (Å²) in [5, 5.41) is 8.11. The first kappa shape index (κ1) is 33.2. The number of anilines is 1. The Hall–Kier alpha value is -3.71. The van der Waals surface area contributed by atoms with Gasteiger partial charge in [-0.3, -0.25) is 4.79 Å². The second-order valence-corrected chi connectivity index (χ2v) is 10.8. The Morgan fingerprint density at radius 2 is 1.75 bits per heavy atom. The minimum Gasteiger partial charge on any atom is -0.448 e. The van der Waals surface area contributed by atoms with Crippen LogP contribution >= 0.6 is 11.6 Å². The summed E-state index contributed by atoms with van der Waals surface area (Å²) in [4.78, 5) is 24.9. The number of nitrogens with one attached hydrogen (secondary N) is 3. The molecule has 0 spiro atoms. The van der Waals surface area contributed by atoms with E-state index >= 15 is 0 Å². The van der Waals surface area contributed by atoms with Crippen molar-refractivity contribution in [2.45, 2.75) is 43.1 Å². The quantitative estimate of drug-likeness (QED) is 0.216. The largest absolute Gasteiger partial charge is 0.448 e. The fourth-order valence-corrected chi connectivity index (χ4v) is 5.03.